The highest BCUT2D eigenvalue weighted by atomic mass is 35.5. The molecule has 1 aromatic rings. The lowest BCUT2D eigenvalue weighted by Crippen LogP contribution is -2.41. The van der Waals surface area contributed by atoms with Crippen molar-refractivity contribution in [3.05, 3.63) is 21.6 Å². The average Bonchev–Trinajstić information content (AvgIpc) is 2.45. The van der Waals surface area contributed by atoms with Gasteiger partial charge in [0.05, 0.1) is 11.2 Å². The molecule has 0 spiro atoms. The van der Waals surface area contributed by atoms with Gasteiger partial charge in [0.15, 0.2) is 0 Å². The van der Waals surface area contributed by atoms with E-state index >= 15 is 0 Å². The first-order valence-corrected chi connectivity index (χ1v) is 8.27. The molecule has 3 rings (SSSR count). The smallest absolute Gasteiger partial charge is 0.291 e. The maximum atomic E-state index is 12.7. The van der Waals surface area contributed by atoms with E-state index in [1.165, 1.54) is 19.3 Å². The summed E-state index contributed by atoms with van der Waals surface area (Å²) in [6.07, 6.45) is 7.34. The van der Waals surface area contributed by atoms with Gasteiger partial charge in [-0.15, -0.1) is 0 Å². The summed E-state index contributed by atoms with van der Waals surface area (Å²) in [6, 6.07) is 0. The number of hydrogen-bond acceptors (Lipinski definition) is 4. The first-order valence-electron chi connectivity index (χ1n) is 7.89. The number of nitrogens with two attached hydrogens (primary N) is 1. The highest BCUT2D eigenvalue weighted by Crippen LogP contribution is 2.29. The fourth-order valence-corrected chi connectivity index (χ4v) is 3.43. The highest BCUT2D eigenvalue weighted by Gasteiger charge is 2.25. The number of hydrogen-bond donors (Lipinski definition) is 1. The summed E-state index contributed by atoms with van der Waals surface area (Å²) >= 11 is 6.25. The molecule has 6 heteroatoms. The molecule has 0 aromatic carbocycles. The molecule has 0 unspecified atom stereocenters. The van der Waals surface area contributed by atoms with Crippen LogP contribution in [0.25, 0.3) is 0 Å². The van der Waals surface area contributed by atoms with Crippen LogP contribution in [-0.4, -0.2) is 29.4 Å². The zero-order valence-electron chi connectivity index (χ0n) is 12.3. The van der Waals surface area contributed by atoms with Crippen LogP contribution in [0.15, 0.2) is 11.0 Å². The minimum atomic E-state index is -0.0411. The summed E-state index contributed by atoms with van der Waals surface area (Å²) in [6.45, 7) is 3.15. The molecular weight excluding hydrogens is 288 g/mol. The lowest BCUT2D eigenvalue weighted by atomic mass is 9.85. The van der Waals surface area contributed by atoms with E-state index in [1.807, 2.05) is 0 Å². The summed E-state index contributed by atoms with van der Waals surface area (Å²) in [5.74, 6) is 1.17. The molecule has 1 aromatic heterocycles. The van der Waals surface area contributed by atoms with Gasteiger partial charge in [-0.05, 0) is 44.1 Å². The van der Waals surface area contributed by atoms with Crippen LogP contribution >= 0.6 is 11.6 Å². The monoisotopic (exact) mass is 310 g/mol. The second-order valence-corrected chi connectivity index (χ2v) is 6.70. The van der Waals surface area contributed by atoms with Crippen molar-refractivity contribution in [3.63, 3.8) is 0 Å². The van der Waals surface area contributed by atoms with Crippen molar-refractivity contribution < 1.29 is 0 Å². The number of anilines is 1. The van der Waals surface area contributed by atoms with E-state index in [1.54, 1.807) is 10.9 Å². The second-order valence-electron chi connectivity index (χ2n) is 6.29. The zero-order valence-corrected chi connectivity index (χ0v) is 13.1. The lowest BCUT2D eigenvalue weighted by Gasteiger charge is -2.33. The molecule has 0 amide bonds. The summed E-state index contributed by atoms with van der Waals surface area (Å²) < 4.78 is 1.60. The molecule has 1 aliphatic carbocycles. The van der Waals surface area contributed by atoms with Crippen LogP contribution in [0.2, 0.25) is 5.02 Å². The normalized spacial score (nSPS) is 20.6. The summed E-state index contributed by atoms with van der Waals surface area (Å²) in [7, 11) is 0. The standard InChI is InChI=1S/C15H23ClN4O/c16-13-9-18-20(10-12-2-1-3-12)15(21)14(13)19-6-4-11(8-17)5-7-19/h9,11-12H,1-8,10,17H2. The molecule has 2 heterocycles. The Kier molecular flexibility index (Phi) is 4.50. The second kappa shape index (κ2) is 6.36. The predicted octanol–water partition coefficient (Wildman–Crippen LogP) is 1.87. The number of aromatic nitrogens is 2. The van der Waals surface area contributed by atoms with Crippen molar-refractivity contribution in [2.24, 2.45) is 17.6 Å². The van der Waals surface area contributed by atoms with Crippen molar-refractivity contribution in [1.82, 2.24) is 9.78 Å². The van der Waals surface area contributed by atoms with Crippen LogP contribution in [0.5, 0.6) is 0 Å². The number of piperidine rings is 1. The molecule has 2 aliphatic rings. The van der Waals surface area contributed by atoms with Gasteiger partial charge >= 0.3 is 0 Å². The van der Waals surface area contributed by atoms with Gasteiger partial charge in [-0.25, -0.2) is 4.68 Å². The van der Waals surface area contributed by atoms with Gasteiger partial charge in [-0.2, -0.15) is 5.10 Å². The van der Waals surface area contributed by atoms with E-state index in [0.29, 0.717) is 22.5 Å². The minimum Gasteiger partial charge on any atom is -0.366 e. The van der Waals surface area contributed by atoms with E-state index in [9.17, 15) is 4.79 Å². The molecule has 2 N–H and O–H groups in total. The highest BCUT2D eigenvalue weighted by molar-refractivity contribution is 6.33. The maximum Gasteiger partial charge on any atom is 0.291 e. The topological polar surface area (TPSA) is 64.2 Å². The Morgan fingerprint density at radius 1 is 1.24 bits per heavy atom. The van der Waals surface area contributed by atoms with E-state index in [4.69, 9.17) is 17.3 Å². The predicted molar refractivity (Wildman–Crippen MR) is 84.8 cm³/mol. The quantitative estimate of drug-likeness (QED) is 0.922. The van der Waals surface area contributed by atoms with Gasteiger partial charge in [0.1, 0.15) is 5.69 Å². The Morgan fingerprint density at radius 3 is 2.52 bits per heavy atom. The summed E-state index contributed by atoms with van der Waals surface area (Å²) in [5.41, 5.74) is 6.31. The third kappa shape index (κ3) is 3.09. The van der Waals surface area contributed by atoms with Crippen molar-refractivity contribution in [2.45, 2.75) is 38.6 Å². The Morgan fingerprint density at radius 2 is 1.95 bits per heavy atom. The van der Waals surface area contributed by atoms with Crippen LogP contribution in [0.4, 0.5) is 5.69 Å². The summed E-state index contributed by atoms with van der Waals surface area (Å²) in [5, 5.41) is 4.68. The van der Waals surface area contributed by atoms with E-state index in [0.717, 1.165) is 39.0 Å². The van der Waals surface area contributed by atoms with Crippen LogP contribution in [0.3, 0.4) is 0 Å². The van der Waals surface area contributed by atoms with E-state index in [-0.39, 0.29) is 5.56 Å². The molecule has 2 fully saturated rings. The van der Waals surface area contributed by atoms with E-state index < -0.39 is 0 Å². The van der Waals surface area contributed by atoms with Crippen molar-refractivity contribution in [1.29, 1.82) is 0 Å². The Bertz CT molecular complexity index is 547. The maximum absolute atomic E-state index is 12.7. The Balaban J connectivity index is 1.80. The van der Waals surface area contributed by atoms with Gasteiger partial charge < -0.3 is 10.6 Å². The molecule has 1 saturated heterocycles. The van der Waals surface area contributed by atoms with Crippen molar-refractivity contribution in [3.8, 4) is 0 Å². The van der Waals surface area contributed by atoms with Gasteiger partial charge in [-0.3, -0.25) is 4.79 Å². The number of halogens is 1. The molecule has 0 atom stereocenters. The first kappa shape index (κ1) is 14.9. The Labute approximate surface area is 130 Å². The number of nitrogens with zero attached hydrogens (tertiary/aromatic N) is 3. The van der Waals surface area contributed by atoms with Gasteiger partial charge in [0.25, 0.3) is 5.56 Å². The average molecular weight is 311 g/mol. The van der Waals surface area contributed by atoms with Crippen LogP contribution in [0.1, 0.15) is 32.1 Å². The van der Waals surface area contributed by atoms with Crippen LogP contribution < -0.4 is 16.2 Å². The third-order valence-corrected chi connectivity index (χ3v) is 5.17. The molecule has 5 nitrogen and oxygen atoms in total. The van der Waals surface area contributed by atoms with Gasteiger partial charge in [-0.1, -0.05) is 18.0 Å². The molecule has 0 radical (unpaired) electrons. The SMILES string of the molecule is NCC1CCN(c2c(Cl)cnn(CC3CCC3)c2=O)CC1. The molecule has 1 saturated carbocycles. The molecular formula is C15H23ClN4O. The fraction of sp³-hybridized carbons (Fsp3) is 0.733. The largest absolute Gasteiger partial charge is 0.366 e. The van der Waals surface area contributed by atoms with Gasteiger partial charge in [0.2, 0.25) is 0 Å². The third-order valence-electron chi connectivity index (χ3n) is 4.89. The molecule has 116 valence electrons. The molecule has 21 heavy (non-hydrogen) atoms. The molecule has 1 aliphatic heterocycles. The van der Waals surface area contributed by atoms with Crippen molar-refractivity contribution >= 4 is 17.3 Å². The Hall–Kier alpha value is -1.07. The first-order chi connectivity index (χ1) is 10.2. The fourth-order valence-electron chi connectivity index (χ4n) is 3.19. The zero-order chi connectivity index (χ0) is 14.8. The number of rotatable bonds is 4. The van der Waals surface area contributed by atoms with Crippen LogP contribution in [-0.2, 0) is 6.54 Å². The van der Waals surface area contributed by atoms with E-state index in [2.05, 4.69) is 10.00 Å². The van der Waals surface area contributed by atoms with Crippen molar-refractivity contribution in [2.75, 3.05) is 24.5 Å². The lowest BCUT2D eigenvalue weighted by molar-refractivity contribution is 0.261. The van der Waals surface area contributed by atoms with Gasteiger partial charge in [0, 0.05) is 19.6 Å². The summed E-state index contributed by atoms with van der Waals surface area (Å²) in [4.78, 5) is 14.8. The van der Waals surface area contributed by atoms with Crippen LogP contribution in [0, 0.1) is 11.8 Å². The molecule has 0 bridgehead atoms. The minimum absolute atomic E-state index is 0.0411.